The molecule has 2 aromatic heterocycles. The number of hydrogen-bond acceptors (Lipinski definition) is 5. The highest BCUT2D eigenvalue weighted by Crippen LogP contribution is 2.36. The molecule has 0 spiro atoms. The average molecular weight is 445 g/mol. The Morgan fingerprint density at radius 1 is 1.13 bits per heavy atom. The highest BCUT2D eigenvalue weighted by atomic mass is 35.5. The monoisotopic (exact) mass is 444 g/mol. The van der Waals surface area contributed by atoms with Crippen molar-refractivity contribution in [2.24, 2.45) is 0 Å². The van der Waals surface area contributed by atoms with Crippen LogP contribution in [-0.2, 0) is 4.79 Å². The maximum absolute atomic E-state index is 12.8. The van der Waals surface area contributed by atoms with Gasteiger partial charge in [0, 0.05) is 41.1 Å². The van der Waals surface area contributed by atoms with Crippen molar-refractivity contribution in [3.63, 3.8) is 0 Å². The standard InChI is InChI=1S/C21H22Cl2N6O/c1-5-16-20(30)27(4)17-11-25-21(26-19(17)29(16)12(2)3)28-7-6-24-18(28)13-8-14(22)10-15(23)9-13/h6-12,16H,5H2,1-4H3. The summed E-state index contributed by atoms with van der Waals surface area (Å²) >= 11 is 12.4. The summed E-state index contributed by atoms with van der Waals surface area (Å²) in [7, 11) is 1.77. The third kappa shape index (κ3) is 3.42. The van der Waals surface area contributed by atoms with Crippen LogP contribution in [0.15, 0.2) is 36.8 Å². The van der Waals surface area contributed by atoms with Gasteiger partial charge in [-0.1, -0.05) is 30.1 Å². The van der Waals surface area contributed by atoms with E-state index in [4.69, 9.17) is 28.2 Å². The van der Waals surface area contributed by atoms with E-state index in [-0.39, 0.29) is 18.0 Å². The van der Waals surface area contributed by atoms with Gasteiger partial charge in [-0.15, -0.1) is 0 Å². The topological polar surface area (TPSA) is 67.2 Å². The number of amides is 1. The van der Waals surface area contributed by atoms with Crippen molar-refractivity contribution in [1.82, 2.24) is 19.5 Å². The molecule has 0 N–H and O–H groups in total. The number of carbonyl (C=O) groups is 1. The smallest absolute Gasteiger partial charge is 0.249 e. The summed E-state index contributed by atoms with van der Waals surface area (Å²) < 4.78 is 1.79. The molecule has 1 amide bonds. The molecule has 4 rings (SSSR count). The van der Waals surface area contributed by atoms with Gasteiger partial charge in [-0.2, -0.15) is 4.98 Å². The minimum Gasteiger partial charge on any atom is -0.340 e. The van der Waals surface area contributed by atoms with Gasteiger partial charge in [0.05, 0.1) is 6.20 Å². The van der Waals surface area contributed by atoms with Crippen molar-refractivity contribution in [1.29, 1.82) is 0 Å². The van der Waals surface area contributed by atoms with Gasteiger partial charge in [0.1, 0.15) is 17.6 Å². The number of halogens is 2. The quantitative estimate of drug-likeness (QED) is 0.587. The zero-order valence-electron chi connectivity index (χ0n) is 17.2. The van der Waals surface area contributed by atoms with Crippen LogP contribution in [0.5, 0.6) is 0 Å². The molecule has 3 heterocycles. The number of rotatable bonds is 4. The normalized spacial score (nSPS) is 16.4. The molecule has 30 heavy (non-hydrogen) atoms. The van der Waals surface area contributed by atoms with Crippen molar-refractivity contribution >= 4 is 40.6 Å². The highest BCUT2D eigenvalue weighted by Gasteiger charge is 2.38. The fourth-order valence-corrected chi connectivity index (χ4v) is 4.37. The summed E-state index contributed by atoms with van der Waals surface area (Å²) in [5.74, 6) is 1.86. The molecule has 0 radical (unpaired) electrons. The van der Waals surface area contributed by atoms with Crippen molar-refractivity contribution in [2.45, 2.75) is 39.3 Å². The Morgan fingerprint density at radius 3 is 2.47 bits per heavy atom. The second-order valence-corrected chi connectivity index (χ2v) is 8.35. The van der Waals surface area contributed by atoms with E-state index in [1.54, 1.807) is 53.3 Å². The van der Waals surface area contributed by atoms with Gasteiger partial charge >= 0.3 is 0 Å². The minimum absolute atomic E-state index is 0.0481. The lowest BCUT2D eigenvalue weighted by molar-refractivity contribution is -0.120. The lowest BCUT2D eigenvalue weighted by Gasteiger charge is -2.42. The van der Waals surface area contributed by atoms with Crippen LogP contribution >= 0.6 is 23.2 Å². The number of benzene rings is 1. The molecule has 3 aromatic rings. The second kappa shape index (κ2) is 7.89. The van der Waals surface area contributed by atoms with Gasteiger partial charge in [0.25, 0.3) is 0 Å². The SMILES string of the molecule is CCC1C(=O)N(C)c2cnc(-n3ccnc3-c3cc(Cl)cc(Cl)c3)nc2N1C(C)C. The first-order valence-electron chi connectivity index (χ1n) is 9.75. The summed E-state index contributed by atoms with van der Waals surface area (Å²) in [6.45, 7) is 6.13. The first-order valence-corrected chi connectivity index (χ1v) is 10.5. The zero-order chi connectivity index (χ0) is 21.6. The molecular formula is C21H22Cl2N6O. The maximum Gasteiger partial charge on any atom is 0.249 e. The fourth-order valence-electron chi connectivity index (χ4n) is 3.85. The van der Waals surface area contributed by atoms with Gasteiger partial charge in [-0.3, -0.25) is 9.36 Å². The van der Waals surface area contributed by atoms with Crippen LogP contribution < -0.4 is 9.80 Å². The van der Waals surface area contributed by atoms with E-state index in [0.29, 0.717) is 33.9 Å². The number of anilines is 2. The fraction of sp³-hybridized carbons (Fsp3) is 0.333. The Hall–Kier alpha value is -2.64. The predicted molar refractivity (Wildman–Crippen MR) is 120 cm³/mol. The van der Waals surface area contributed by atoms with Gasteiger partial charge in [0.15, 0.2) is 5.82 Å². The number of fused-ring (bicyclic) bond motifs is 1. The van der Waals surface area contributed by atoms with Gasteiger partial charge in [-0.05, 0) is 38.5 Å². The number of carbonyl (C=O) groups excluding carboxylic acids is 1. The molecule has 9 heteroatoms. The van der Waals surface area contributed by atoms with Crippen LogP contribution in [-0.4, -0.2) is 44.6 Å². The molecule has 1 atom stereocenters. The Kier molecular flexibility index (Phi) is 5.42. The predicted octanol–water partition coefficient (Wildman–Crippen LogP) is 4.61. The summed E-state index contributed by atoms with van der Waals surface area (Å²) in [5, 5.41) is 1.05. The number of imidazole rings is 1. The molecule has 0 saturated carbocycles. The van der Waals surface area contributed by atoms with Gasteiger partial charge in [-0.25, -0.2) is 9.97 Å². The average Bonchev–Trinajstić information content (AvgIpc) is 3.19. The third-order valence-corrected chi connectivity index (χ3v) is 5.65. The third-order valence-electron chi connectivity index (χ3n) is 5.21. The van der Waals surface area contributed by atoms with Crippen LogP contribution in [0.2, 0.25) is 10.0 Å². The molecule has 1 aliphatic rings. The Morgan fingerprint density at radius 2 is 1.83 bits per heavy atom. The van der Waals surface area contributed by atoms with Crippen molar-refractivity contribution < 1.29 is 4.79 Å². The van der Waals surface area contributed by atoms with Crippen molar-refractivity contribution in [2.75, 3.05) is 16.8 Å². The molecule has 0 bridgehead atoms. The van der Waals surface area contributed by atoms with Gasteiger partial charge in [0.2, 0.25) is 11.9 Å². The molecule has 1 aliphatic heterocycles. The highest BCUT2D eigenvalue weighted by molar-refractivity contribution is 6.35. The van der Waals surface area contributed by atoms with Crippen molar-refractivity contribution in [3.8, 4) is 17.3 Å². The van der Waals surface area contributed by atoms with E-state index in [9.17, 15) is 4.79 Å². The summed E-state index contributed by atoms with van der Waals surface area (Å²) in [4.78, 5) is 30.4. The van der Waals surface area contributed by atoms with E-state index in [2.05, 4.69) is 28.7 Å². The first kappa shape index (κ1) is 20.6. The molecule has 7 nitrogen and oxygen atoms in total. The Labute approximate surface area is 185 Å². The molecule has 156 valence electrons. The minimum atomic E-state index is -0.265. The summed E-state index contributed by atoms with van der Waals surface area (Å²) in [5.41, 5.74) is 1.45. The molecule has 0 aliphatic carbocycles. The van der Waals surface area contributed by atoms with Crippen LogP contribution in [0, 0.1) is 0 Å². The number of likely N-dealkylation sites (N-methyl/N-ethyl adjacent to an activating group) is 1. The van der Waals surface area contributed by atoms with Crippen LogP contribution in [0.3, 0.4) is 0 Å². The van der Waals surface area contributed by atoms with E-state index in [1.165, 1.54) is 0 Å². The van der Waals surface area contributed by atoms with Crippen LogP contribution in [0.25, 0.3) is 17.3 Å². The molecule has 0 fully saturated rings. The van der Waals surface area contributed by atoms with E-state index >= 15 is 0 Å². The molecule has 1 unspecified atom stereocenters. The Balaban J connectivity index is 1.86. The number of aromatic nitrogens is 4. The zero-order valence-corrected chi connectivity index (χ0v) is 18.7. The van der Waals surface area contributed by atoms with E-state index in [1.807, 2.05) is 6.92 Å². The first-order chi connectivity index (χ1) is 14.3. The largest absolute Gasteiger partial charge is 0.340 e. The molecule has 0 saturated heterocycles. The molecule has 1 aromatic carbocycles. The summed E-state index contributed by atoms with van der Waals surface area (Å²) in [6, 6.07) is 5.10. The summed E-state index contributed by atoms with van der Waals surface area (Å²) in [6.07, 6.45) is 5.85. The number of hydrogen-bond donors (Lipinski definition) is 0. The van der Waals surface area contributed by atoms with Crippen LogP contribution in [0.1, 0.15) is 27.2 Å². The maximum atomic E-state index is 12.8. The lowest BCUT2D eigenvalue weighted by atomic mass is 10.1. The number of nitrogens with zero attached hydrogens (tertiary/aromatic N) is 6. The molecular weight excluding hydrogens is 423 g/mol. The van der Waals surface area contributed by atoms with Crippen molar-refractivity contribution in [3.05, 3.63) is 46.8 Å². The van der Waals surface area contributed by atoms with E-state index < -0.39 is 0 Å². The second-order valence-electron chi connectivity index (χ2n) is 7.48. The lowest BCUT2D eigenvalue weighted by Crippen LogP contribution is -2.55. The van der Waals surface area contributed by atoms with Crippen LogP contribution in [0.4, 0.5) is 11.5 Å². The Bertz CT molecular complexity index is 1090. The van der Waals surface area contributed by atoms with E-state index in [0.717, 1.165) is 11.4 Å². The van der Waals surface area contributed by atoms with Gasteiger partial charge < -0.3 is 9.80 Å².